The number of ether oxygens (including phenoxy) is 2. The van der Waals surface area contributed by atoms with Gasteiger partial charge in [0.05, 0.1) is 17.6 Å². The molecule has 0 radical (unpaired) electrons. The lowest BCUT2D eigenvalue weighted by Crippen LogP contribution is -2.46. The molecule has 1 aliphatic carbocycles. The van der Waals surface area contributed by atoms with Gasteiger partial charge in [-0.25, -0.2) is 4.79 Å². The number of hydrogen-bond acceptors (Lipinski definition) is 7. The van der Waals surface area contributed by atoms with Crippen LogP contribution in [0.25, 0.3) is 0 Å². The molecule has 10 heteroatoms. The first-order valence-electron chi connectivity index (χ1n) is 9.46. The summed E-state index contributed by atoms with van der Waals surface area (Å²) in [6.45, 7) is 2.78. The highest BCUT2D eigenvalue weighted by Gasteiger charge is 2.33. The van der Waals surface area contributed by atoms with Crippen molar-refractivity contribution < 1.29 is 28.8 Å². The third-order valence-corrected chi connectivity index (χ3v) is 4.58. The molecule has 1 aromatic carbocycles. The summed E-state index contributed by atoms with van der Waals surface area (Å²) < 4.78 is 10.3. The lowest BCUT2D eigenvalue weighted by Gasteiger charge is -2.22. The van der Waals surface area contributed by atoms with Crippen molar-refractivity contribution in [3.8, 4) is 5.75 Å². The van der Waals surface area contributed by atoms with Crippen molar-refractivity contribution in [1.82, 2.24) is 5.32 Å². The van der Waals surface area contributed by atoms with Crippen LogP contribution in [0.3, 0.4) is 0 Å². The van der Waals surface area contributed by atoms with E-state index in [1.165, 1.54) is 25.1 Å². The van der Waals surface area contributed by atoms with Gasteiger partial charge in [0.1, 0.15) is 17.5 Å². The number of esters is 1. The standard InChI is InChI=1S/C19H25N3O7/c1-3-28-14-8-9-15(16(10-14)22(26)27)21-17(24)11-29-19(25)18(20-12(2)23)13-6-4-5-7-13/h8-10,13,18H,3-7,11H2,1-2H3,(H,20,23)(H,21,24). The minimum absolute atomic E-state index is 0.0262. The molecule has 2 amide bonds. The van der Waals surface area contributed by atoms with E-state index in [0.29, 0.717) is 12.4 Å². The van der Waals surface area contributed by atoms with Gasteiger partial charge in [0, 0.05) is 6.92 Å². The monoisotopic (exact) mass is 407 g/mol. The van der Waals surface area contributed by atoms with E-state index in [-0.39, 0.29) is 23.2 Å². The lowest BCUT2D eigenvalue weighted by atomic mass is 9.98. The summed E-state index contributed by atoms with van der Waals surface area (Å²) in [7, 11) is 0. The van der Waals surface area contributed by atoms with Gasteiger partial charge in [-0.15, -0.1) is 0 Å². The van der Waals surface area contributed by atoms with Crippen molar-refractivity contribution >= 4 is 29.2 Å². The maximum atomic E-state index is 12.4. The molecule has 2 N–H and O–H groups in total. The molecule has 1 aliphatic rings. The zero-order valence-electron chi connectivity index (χ0n) is 16.4. The van der Waals surface area contributed by atoms with Gasteiger partial charge >= 0.3 is 5.97 Å². The molecule has 1 fully saturated rings. The molecular formula is C19H25N3O7. The second-order valence-corrected chi connectivity index (χ2v) is 6.75. The molecule has 1 saturated carbocycles. The second kappa shape index (κ2) is 10.4. The van der Waals surface area contributed by atoms with E-state index >= 15 is 0 Å². The fourth-order valence-corrected chi connectivity index (χ4v) is 3.32. The first kappa shape index (κ1) is 22.1. The maximum Gasteiger partial charge on any atom is 0.329 e. The molecule has 10 nitrogen and oxygen atoms in total. The Balaban J connectivity index is 1.98. The number of benzene rings is 1. The minimum atomic E-state index is -0.803. The Labute approximate surface area is 168 Å². The molecule has 2 rings (SSSR count). The summed E-state index contributed by atoms with van der Waals surface area (Å²) in [4.78, 5) is 46.5. The fourth-order valence-electron chi connectivity index (χ4n) is 3.32. The quantitative estimate of drug-likeness (QED) is 0.363. The molecular weight excluding hydrogens is 382 g/mol. The van der Waals surface area contributed by atoms with Crippen molar-refractivity contribution in [3.63, 3.8) is 0 Å². The van der Waals surface area contributed by atoms with Crippen molar-refractivity contribution in [2.24, 2.45) is 5.92 Å². The largest absolute Gasteiger partial charge is 0.494 e. The molecule has 0 aliphatic heterocycles. The van der Waals surface area contributed by atoms with Crippen LogP contribution in [0.5, 0.6) is 5.75 Å². The zero-order valence-corrected chi connectivity index (χ0v) is 16.4. The zero-order chi connectivity index (χ0) is 21.4. The molecule has 1 aromatic rings. The number of hydrogen-bond donors (Lipinski definition) is 2. The van der Waals surface area contributed by atoms with E-state index in [1.807, 2.05) is 0 Å². The normalized spacial score (nSPS) is 14.7. The van der Waals surface area contributed by atoms with E-state index in [1.54, 1.807) is 6.92 Å². The summed E-state index contributed by atoms with van der Waals surface area (Å²) in [6, 6.07) is 3.24. The summed E-state index contributed by atoms with van der Waals surface area (Å²) in [5.41, 5.74) is -0.369. The fraction of sp³-hybridized carbons (Fsp3) is 0.526. The van der Waals surface area contributed by atoms with Crippen LogP contribution in [0.1, 0.15) is 39.5 Å². The average molecular weight is 407 g/mol. The number of carbonyl (C=O) groups is 3. The Bertz CT molecular complexity index is 775. The van der Waals surface area contributed by atoms with E-state index < -0.39 is 29.4 Å². The molecule has 0 aromatic heterocycles. The maximum absolute atomic E-state index is 12.4. The molecule has 0 spiro atoms. The SMILES string of the molecule is CCOc1ccc(NC(=O)COC(=O)C(NC(C)=O)C2CCCC2)c([N+](=O)[O-])c1. The first-order chi connectivity index (χ1) is 13.8. The van der Waals surface area contributed by atoms with Crippen molar-refractivity contribution in [1.29, 1.82) is 0 Å². The summed E-state index contributed by atoms with van der Waals surface area (Å²) in [5, 5.41) is 16.2. The van der Waals surface area contributed by atoms with Crippen molar-refractivity contribution in [2.75, 3.05) is 18.5 Å². The van der Waals surface area contributed by atoms with Gasteiger partial charge < -0.3 is 20.1 Å². The van der Waals surface area contributed by atoms with Gasteiger partial charge in [-0.05, 0) is 37.8 Å². The molecule has 0 bridgehead atoms. The van der Waals surface area contributed by atoms with E-state index in [9.17, 15) is 24.5 Å². The van der Waals surface area contributed by atoms with Gasteiger partial charge in [0.2, 0.25) is 5.91 Å². The number of anilines is 1. The molecule has 1 unspecified atom stereocenters. The molecule has 1 atom stereocenters. The number of nitro groups is 1. The minimum Gasteiger partial charge on any atom is -0.494 e. The van der Waals surface area contributed by atoms with Gasteiger partial charge in [-0.3, -0.25) is 19.7 Å². The van der Waals surface area contributed by atoms with Crippen LogP contribution in [0.4, 0.5) is 11.4 Å². The summed E-state index contributed by atoms with van der Waals surface area (Å²) in [6.07, 6.45) is 3.53. The van der Waals surface area contributed by atoms with Crippen LogP contribution < -0.4 is 15.4 Å². The smallest absolute Gasteiger partial charge is 0.329 e. The lowest BCUT2D eigenvalue weighted by molar-refractivity contribution is -0.384. The predicted molar refractivity (Wildman–Crippen MR) is 103 cm³/mol. The Kier molecular flexibility index (Phi) is 7.93. The number of nitrogens with one attached hydrogen (secondary N) is 2. The third-order valence-electron chi connectivity index (χ3n) is 4.58. The van der Waals surface area contributed by atoms with Crippen LogP contribution in [-0.2, 0) is 19.1 Å². The van der Waals surface area contributed by atoms with E-state index in [0.717, 1.165) is 25.7 Å². The second-order valence-electron chi connectivity index (χ2n) is 6.75. The van der Waals surface area contributed by atoms with Crippen LogP contribution in [0, 0.1) is 16.0 Å². The number of amides is 2. The number of carbonyl (C=O) groups excluding carboxylic acids is 3. The first-order valence-corrected chi connectivity index (χ1v) is 9.46. The summed E-state index contributed by atoms with van der Waals surface area (Å²) in [5.74, 6) is -1.49. The Morgan fingerprint density at radius 1 is 1.28 bits per heavy atom. The molecule has 29 heavy (non-hydrogen) atoms. The van der Waals surface area contributed by atoms with Crippen molar-refractivity contribution in [3.05, 3.63) is 28.3 Å². The third kappa shape index (κ3) is 6.44. The number of nitrogens with zero attached hydrogens (tertiary/aromatic N) is 1. The Hall–Kier alpha value is -3.17. The highest BCUT2D eigenvalue weighted by Crippen LogP contribution is 2.30. The predicted octanol–water partition coefficient (Wildman–Crippen LogP) is 2.17. The van der Waals surface area contributed by atoms with Gasteiger partial charge in [-0.2, -0.15) is 0 Å². The van der Waals surface area contributed by atoms with E-state index in [4.69, 9.17) is 9.47 Å². The molecule has 0 heterocycles. The Morgan fingerprint density at radius 2 is 1.97 bits per heavy atom. The van der Waals surface area contributed by atoms with E-state index in [2.05, 4.69) is 10.6 Å². The number of rotatable bonds is 9. The number of nitro benzene ring substituents is 1. The topological polar surface area (TPSA) is 137 Å². The Morgan fingerprint density at radius 3 is 2.55 bits per heavy atom. The summed E-state index contributed by atoms with van der Waals surface area (Å²) >= 11 is 0. The van der Waals surface area contributed by atoms with Crippen molar-refractivity contribution in [2.45, 2.75) is 45.6 Å². The van der Waals surface area contributed by atoms with Crippen LogP contribution >= 0.6 is 0 Å². The average Bonchev–Trinajstić information content (AvgIpc) is 3.19. The van der Waals surface area contributed by atoms with Gasteiger partial charge in [0.15, 0.2) is 6.61 Å². The van der Waals surface area contributed by atoms with Gasteiger partial charge in [0.25, 0.3) is 11.6 Å². The highest BCUT2D eigenvalue weighted by atomic mass is 16.6. The molecule has 0 saturated heterocycles. The van der Waals surface area contributed by atoms with Crippen LogP contribution in [-0.4, -0.2) is 42.0 Å². The van der Waals surface area contributed by atoms with Crippen LogP contribution in [0.2, 0.25) is 0 Å². The molecule has 158 valence electrons. The van der Waals surface area contributed by atoms with Crippen LogP contribution in [0.15, 0.2) is 18.2 Å². The highest BCUT2D eigenvalue weighted by molar-refractivity contribution is 5.95. The van der Waals surface area contributed by atoms with Gasteiger partial charge in [-0.1, -0.05) is 12.8 Å².